The molecular formula is C17H25N5O4. The Kier molecular flexibility index (Phi) is 7.19. The molecule has 142 valence electrons. The molecule has 0 atom stereocenters. The summed E-state index contributed by atoms with van der Waals surface area (Å²) in [6.07, 6.45) is 1.52. The molecule has 9 nitrogen and oxygen atoms in total. The van der Waals surface area contributed by atoms with Crippen LogP contribution >= 0.6 is 0 Å². The minimum Gasteiger partial charge on any atom is -0.469 e. The summed E-state index contributed by atoms with van der Waals surface area (Å²) in [6.45, 7) is 2.82. The molecule has 0 amide bonds. The number of likely N-dealkylation sites (tertiary alicyclic amines) is 1. The largest absolute Gasteiger partial charge is 0.469 e. The second kappa shape index (κ2) is 9.59. The summed E-state index contributed by atoms with van der Waals surface area (Å²) in [4.78, 5) is 28.2. The van der Waals surface area contributed by atoms with Gasteiger partial charge in [0.15, 0.2) is 5.96 Å². The number of ether oxygens (including phenoxy) is 1. The molecule has 1 heterocycles. The van der Waals surface area contributed by atoms with E-state index in [2.05, 4.69) is 20.5 Å². The summed E-state index contributed by atoms with van der Waals surface area (Å²) in [6, 6.07) is 6.31. The zero-order valence-electron chi connectivity index (χ0n) is 15.1. The molecule has 1 aromatic carbocycles. The summed E-state index contributed by atoms with van der Waals surface area (Å²) in [7, 11) is 3.16. The van der Waals surface area contributed by atoms with Gasteiger partial charge in [-0.15, -0.1) is 0 Å². The summed E-state index contributed by atoms with van der Waals surface area (Å²) in [5.74, 6) is 0.636. The van der Waals surface area contributed by atoms with Gasteiger partial charge in [-0.2, -0.15) is 0 Å². The fraction of sp³-hybridized carbons (Fsp3) is 0.529. The number of carbonyl (C=O) groups excluding carboxylic acids is 1. The number of anilines is 1. The first-order valence-electron chi connectivity index (χ1n) is 8.57. The maximum Gasteiger partial charge on any atom is 0.308 e. The molecule has 2 rings (SSSR count). The lowest BCUT2D eigenvalue weighted by Gasteiger charge is -2.33. The van der Waals surface area contributed by atoms with Crippen LogP contribution in [0.3, 0.4) is 0 Å². The number of rotatable bonds is 6. The van der Waals surface area contributed by atoms with Crippen molar-refractivity contribution in [3.63, 3.8) is 0 Å². The van der Waals surface area contributed by atoms with E-state index in [-0.39, 0.29) is 17.6 Å². The number of guanidine groups is 1. The van der Waals surface area contributed by atoms with E-state index in [0.29, 0.717) is 13.1 Å². The van der Waals surface area contributed by atoms with Gasteiger partial charge in [-0.3, -0.25) is 19.9 Å². The van der Waals surface area contributed by atoms with Crippen molar-refractivity contribution in [2.24, 2.45) is 10.9 Å². The molecule has 0 aliphatic carbocycles. The van der Waals surface area contributed by atoms with Crippen molar-refractivity contribution in [3.8, 4) is 0 Å². The van der Waals surface area contributed by atoms with E-state index < -0.39 is 4.92 Å². The molecule has 1 saturated heterocycles. The van der Waals surface area contributed by atoms with Crippen LogP contribution in [0.1, 0.15) is 12.8 Å². The van der Waals surface area contributed by atoms with Gasteiger partial charge < -0.3 is 20.3 Å². The summed E-state index contributed by atoms with van der Waals surface area (Å²) in [5.41, 5.74) is 0.899. The number of aliphatic imine (C=N–C) groups is 1. The fourth-order valence-corrected chi connectivity index (χ4v) is 2.91. The van der Waals surface area contributed by atoms with Crippen LogP contribution in [0.15, 0.2) is 29.3 Å². The van der Waals surface area contributed by atoms with Gasteiger partial charge in [-0.25, -0.2) is 0 Å². The van der Waals surface area contributed by atoms with E-state index in [1.54, 1.807) is 19.2 Å². The van der Waals surface area contributed by atoms with Crippen molar-refractivity contribution in [3.05, 3.63) is 34.4 Å². The quantitative estimate of drug-likeness (QED) is 0.197. The third-order valence-electron chi connectivity index (χ3n) is 4.36. The maximum absolute atomic E-state index is 11.6. The highest BCUT2D eigenvalue weighted by Gasteiger charge is 2.26. The number of carbonyl (C=O) groups is 1. The number of nitrogens with one attached hydrogen (secondary N) is 2. The SMILES string of the molecule is CN=C(NCCNc1ccc([N+](=O)[O-])cc1)N1CCC(C(=O)OC)CC1. The highest BCUT2D eigenvalue weighted by molar-refractivity contribution is 5.80. The van der Waals surface area contributed by atoms with Crippen LogP contribution in [0, 0.1) is 16.0 Å². The van der Waals surface area contributed by atoms with Gasteiger partial charge in [0.1, 0.15) is 0 Å². The molecule has 0 bridgehead atoms. The first kappa shape index (κ1) is 19.5. The van der Waals surface area contributed by atoms with E-state index >= 15 is 0 Å². The Balaban J connectivity index is 1.72. The van der Waals surface area contributed by atoms with Gasteiger partial charge in [0.25, 0.3) is 5.69 Å². The number of hydrogen-bond acceptors (Lipinski definition) is 6. The molecule has 0 saturated carbocycles. The first-order chi connectivity index (χ1) is 12.5. The van der Waals surface area contributed by atoms with E-state index in [1.807, 2.05) is 0 Å². The number of methoxy groups -OCH3 is 1. The van der Waals surface area contributed by atoms with Gasteiger partial charge in [0, 0.05) is 51.0 Å². The van der Waals surface area contributed by atoms with E-state index in [1.165, 1.54) is 19.2 Å². The van der Waals surface area contributed by atoms with Crippen LogP contribution in [0.4, 0.5) is 11.4 Å². The van der Waals surface area contributed by atoms with Crippen LogP contribution < -0.4 is 10.6 Å². The van der Waals surface area contributed by atoms with Gasteiger partial charge in [0.05, 0.1) is 18.0 Å². The first-order valence-corrected chi connectivity index (χ1v) is 8.57. The molecule has 0 aromatic heterocycles. The van der Waals surface area contributed by atoms with Crippen LogP contribution in [-0.4, -0.2) is 62.1 Å². The molecule has 26 heavy (non-hydrogen) atoms. The molecule has 2 N–H and O–H groups in total. The molecule has 1 aliphatic heterocycles. The minimum absolute atomic E-state index is 0.0295. The Hall–Kier alpha value is -2.84. The lowest BCUT2D eigenvalue weighted by molar-refractivity contribution is -0.384. The number of nitro groups is 1. The van der Waals surface area contributed by atoms with Crippen LogP contribution in [0.2, 0.25) is 0 Å². The van der Waals surface area contributed by atoms with Gasteiger partial charge in [-0.1, -0.05) is 0 Å². The number of hydrogen-bond donors (Lipinski definition) is 2. The Morgan fingerprint density at radius 2 is 1.96 bits per heavy atom. The zero-order valence-corrected chi connectivity index (χ0v) is 15.1. The second-order valence-corrected chi connectivity index (χ2v) is 5.99. The summed E-state index contributed by atoms with van der Waals surface area (Å²) in [5, 5.41) is 17.1. The Morgan fingerprint density at radius 1 is 1.31 bits per heavy atom. The van der Waals surface area contributed by atoms with Crippen molar-refractivity contribution in [1.82, 2.24) is 10.2 Å². The third-order valence-corrected chi connectivity index (χ3v) is 4.36. The number of benzene rings is 1. The molecule has 9 heteroatoms. The zero-order chi connectivity index (χ0) is 18.9. The van der Waals surface area contributed by atoms with Crippen LogP contribution in [0.5, 0.6) is 0 Å². The standard InChI is InChI=1S/C17H25N5O4/c1-18-17(21-11-7-13(8-12-21)16(23)26-2)20-10-9-19-14-3-5-15(6-4-14)22(24)25/h3-6,13,19H,7-12H2,1-2H3,(H,18,20). The summed E-state index contributed by atoms with van der Waals surface area (Å²) < 4.78 is 4.80. The summed E-state index contributed by atoms with van der Waals surface area (Å²) >= 11 is 0. The minimum atomic E-state index is -0.418. The van der Waals surface area contributed by atoms with Gasteiger partial charge in [-0.05, 0) is 25.0 Å². The topological polar surface area (TPSA) is 109 Å². The van der Waals surface area contributed by atoms with Gasteiger partial charge >= 0.3 is 5.97 Å². The van der Waals surface area contributed by atoms with Crippen molar-refractivity contribution in [1.29, 1.82) is 0 Å². The normalized spacial score (nSPS) is 15.5. The van der Waals surface area contributed by atoms with E-state index in [0.717, 1.165) is 37.6 Å². The second-order valence-electron chi connectivity index (χ2n) is 5.99. The fourth-order valence-electron chi connectivity index (χ4n) is 2.91. The Labute approximate surface area is 152 Å². The average Bonchev–Trinajstić information content (AvgIpc) is 2.68. The highest BCUT2D eigenvalue weighted by Crippen LogP contribution is 2.18. The maximum atomic E-state index is 11.6. The predicted molar refractivity (Wildman–Crippen MR) is 99.3 cm³/mol. The van der Waals surface area contributed by atoms with Crippen LogP contribution in [-0.2, 0) is 9.53 Å². The molecule has 1 aromatic rings. The lowest BCUT2D eigenvalue weighted by Crippen LogP contribution is -2.47. The van der Waals surface area contributed by atoms with Crippen molar-refractivity contribution in [2.45, 2.75) is 12.8 Å². The molecule has 0 radical (unpaired) electrons. The monoisotopic (exact) mass is 363 g/mol. The van der Waals surface area contributed by atoms with Crippen LogP contribution in [0.25, 0.3) is 0 Å². The van der Waals surface area contributed by atoms with E-state index in [4.69, 9.17) is 4.74 Å². The van der Waals surface area contributed by atoms with Crippen molar-refractivity contribution < 1.29 is 14.5 Å². The molecule has 0 unspecified atom stereocenters. The molecule has 1 fully saturated rings. The number of nitro benzene ring substituents is 1. The molecule has 1 aliphatic rings. The Bertz CT molecular complexity index is 639. The molecule has 0 spiro atoms. The predicted octanol–water partition coefficient (Wildman–Crippen LogP) is 1.47. The van der Waals surface area contributed by atoms with Crippen molar-refractivity contribution in [2.75, 3.05) is 45.7 Å². The van der Waals surface area contributed by atoms with E-state index in [9.17, 15) is 14.9 Å². The van der Waals surface area contributed by atoms with Gasteiger partial charge in [0.2, 0.25) is 0 Å². The van der Waals surface area contributed by atoms with Crippen molar-refractivity contribution >= 4 is 23.3 Å². The molecular weight excluding hydrogens is 338 g/mol. The number of esters is 1. The Morgan fingerprint density at radius 3 is 2.50 bits per heavy atom. The highest BCUT2D eigenvalue weighted by atomic mass is 16.6. The number of non-ortho nitro benzene ring substituents is 1. The average molecular weight is 363 g/mol. The third kappa shape index (κ3) is 5.33. The number of piperidine rings is 1. The number of nitrogens with zero attached hydrogens (tertiary/aromatic N) is 3. The lowest BCUT2D eigenvalue weighted by atomic mass is 9.97. The smallest absolute Gasteiger partial charge is 0.308 e.